The van der Waals surface area contributed by atoms with Crippen LogP contribution in [0.3, 0.4) is 0 Å². The number of ether oxygens (including phenoxy) is 7. The molecule has 2 aliphatic rings. The van der Waals surface area contributed by atoms with Crippen molar-refractivity contribution in [3.05, 3.63) is 89.0 Å². The lowest BCUT2D eigenvalue weighted by Gasteiger charge is -2.44. The summed E-state index contributed by atoms with van der Waals surface area (Å²) in [6.07, 6.45) is 5.47. The molecule has 9 nitrogen and oxygen atoms in total. The van der Waals surface area contributed by atoms with E-state index < -0.39 is 38.1 Å². The summed E-state index contributed by atoms with van der Waals surface area (Å²) in [5.74, 6) is -1.74. The van der Waals surface area contributed by atoms with Gasteiger partial charge in [-0.3, -0.25) is 0 Å². The van der Waals surface area contributed by atoms with Gasteiger partial charge < -0.3 is 37.6 Å². The summed E-state index contributed by atoms with van der Waals surface area (Å²) < 4.78 is 48.9. The molecule has 0 aliphatic carbocycles. The van der Waals surface area contributed by atoms with Gasteiger partial charge in [-0.15, -0.1) is 0 Å². The zero-order valence-electron chi connectivity index (χ0n) is 33.4. The van der Waals surface area contributed by atoms with Gasteiger partial charge in [0.15, 0.2) is 5.79 Å². The normalized spacial score (nSPS) is 20.6. The molecular weight excluding hydrogens is 724 g/mol. The highest BCUT2D eigenvalue weighted by Gasteiger charge is 2.51. The number of carbonyl (C=O) groups excluding carboxylic acids is 1. The molecule has 3 aromatic rings. The highest BCUT2D eigenvalue weighted by atomic mass is 35.5. The predicted molar refractivity (Wildman–Crippen MR) is 214 cm³/mol. The fourth-order valence-electron chi connectivity index (χ4n) is 7.62. The van der Waals surface area contributed by atoms with Crippen LogP contribution in [0, 0.1) is 0 Å². The molecule has 294 valence electrons. The van der Waals surface area contributed by atoms with E-state index in [9.17, 15) is 4.79 Å². The third-order valence-electron chi connectivity index (χ3n) is 9.88. The SMILES string of the molecule is COCO[C@@H](C/C=C/c1c(Cl)c(OC)cc2c1C(=O)OC(C)(C)O2)[C@H]1OC(C)(C)O[C@@H]1CCC[C@@H](C)O[Si](c1ccccc1)(c1ccccc1)C(C)(C)C. The van der Waals surface area contributed by atoms with Crippen LogP contribution in [0.5, 0.6) is 11.5 Å². The fourth-order valence-corrected chi connectivity index (χ4v) is 12.6. The molecule has 2 heterocycles. The number of methoxy groups -OCH3 is 2. The molecule has 0 saturated carbocycles. The molecule has 1 saturated heterocycles. The molecule has 0 amide bonds. The number of fused-ring (bicyclic) bond motifs is 1. The Morgan fingerprint density at radius 3 is 2.13 bits per heavy atom. The van der Waals surface area contributed by atoms with E-state index in [-0.39, 0.29) is 34.6 Å². The topological polar surface area (TPSA) is 90.9 Å². The maximum atomic E-state index is 13.1. The highest BCUT2D eigenvalue weighted by molar-refractivity contribution is 6.99. The zero-order chi connectivity index (χ0) is 39.3. The second-order valence-corrected chi connectivity index (χ2v) is 20.6. The molecule has 0 unspecified atom stereocenters. The van der Waals surface area contributed by atoms with Crippen molar-refractivity contribution >= 4 is 42.3 Å². The number of cyclic esters (lactones) is 1. The van der Waals surface area contributed by atoms with Crippen molar-refractivity contribution in [2.45, 2.75) is 122 Å². The maximum absolute atomic E-state index is 13.1. The number of hydrogen-bond acceptors (Lipinski definition) is 9. The van der Waals surface area contributed by atoms with Gasteiger partial charge in [-0.25, -0.2) is 4.79 Å². The van der Waals surface area contributed by atoms with E-state index in [0.29, 0.717) is 23.5 Å². The number of carbonyl (C=O) groups is 1. The third-order valence-corrected chi connectivity index (χ3v) is 15.4. The van der Waals surface area contributed by atoms with Crippen molar-refractivity contribution in [2.75, 3.05) is 21.0 Å². The second kappa shape index (κ2) is 17.3. The van der Waals surface area contributed by atoms with Gasteiger partial charge in [0.25, 0.3) is 8.32 Å². The minimum absolute atomic E-state index is 0.00616. The van der Waals surface area contributed by atoms with Gasteiger partial charge in [0.1, 0.15) is 30.0 Å². The lowest BCUT2D eigenvalue weighted by atomic mass is 9.98. The summed E-state index contributed by atoms with van der Waals surface area (Å²) in [4.78, 5) is 13.1. The second-order valence-electron chi connectivity index (χ2n) is 16.0. The standard InChI is InChI=1S/C43H57ClO9Si/c1-29(53-54(41(2,3)4,30-20-13-11-14-21-30)31-22-15-12-16-23-31)19-17-26-34-39(51-42(5,6)49-34)33(48-28-46-9)25-18-24-32-37-35(27-36(47-10)38(32)44)50-43(7,8)52-40(37)45/h11-16,18,20-24,27,29,33-34,39H,17,19,25-26,28H2,1-10H3/b24-18+/t29-,33+,34-,39-/m1/s1. The van der Waals surface area contributed by atoms with Crippen LogP contribution in [-0.2, 0) is 28.1 Å². The minimum atomic E-state index is -2.69. The van der Waals surface area contributed by atoms with Crippen LogP contribution >= 0.6 is 11.6 Å². The number of hydrogen-bond donors (Lipinski definition) is 0. The van der Waals surface area contributed by atoms with Crippen molar-refractivity contribution in [1.82, 2.24) is 0 Å². The Bertz CT molecular complexity index is 1700. The number of benzene rings is 3. The van der Waals surface area contributed by atoms with E-state index in [0.717, 1.165) is 19.3 Å². The first-order valence-electron chi connectivity index (χ1n) is 18.8. The molecule has 5 rings (SSSR count). The lowest BCUT2D eigenvalue weighted by molar-refractivity contribution is -0.169. The van der Waals surface area contributed by atoms with Crippen LogP contribution < -0.4 is 19.8 Å². The molecule has 0 N–H and O–H groups in total. The quantitative estimate of drug-likeness (QED) is 0.0805. The summed E-state index contributed by atoms with van der Waals surface area (Å²) in [5, 5.41) is 2.69. The molecule has 2 aliphatic heterocycles. The first-order valence-corrected chi connectivity index (χ1v) is 21.0. The summed E-state index contributed by atoms with van der Waals surface area (Å²) in [5.41, 5.74) is 0.673. The maximum Gasteiger partial charge on any atom is 0.345 e. The predicted octanol–water partition coefficient (Wildman–Crippen LogP) is 8.68. The monoisotopic (exact) mass is 780 g/mol. The molecule has 1 fully saturated rings. The van der Waals surface area contributed by atoms with Crippen LogP contribution in [0.2, 0.25) is 10.1 Å². The Kier molecular flexibility index (Phi) is 13.4. The average molecular weight is 781 g/mol. The van der Waals surface area contributed by atoms with E-state index >= 15 is 0 Å². The van der Waals surface area contributed by atoms with Crippen molar-refractivity contribution in [3.63, 3.8) is 0 Å². The van der Waals surface area contributed by atoms with Gasteiger partial charge in [-0.2, -0.15) is 0 Å². The summed E-state index contributed by atoms with van der Waals surface area (Å²) in [6, 6.07) is 23.1. The van der Waals surface area contributed by atoms with E-state index in [1.165, 1.54) is 17.5 Å². The Morgan fingerprint density at radius 2 is 1.56 bits per heavy atom. The molecule has 11 heteroatoms. The Labute approximate surface area is 327 Å². The van der Waals surface area contributed by atoms with Gasteiger partial charge in [0, 0.05) is 38.7 Å². The van der Waals surface area contributed by atoms with Crippen LogP contribution in [0.1, 0.15) is 97.0 Å². The molecule has 0 radical (unpaired) electrons. The zero-order valence-corrected chi connectivity index (χ0v) is 35.2. The molecule has 4 atom stereocenters. The van der Waals surface area contributed by atoms with Crippen LogP contribution in [-0.4, -0.2) is 71.3 Å². The van der Waals surface area contributed by atoms with E-state index in [2.05, 4.69) is 88.4 Å². The number of rotatable bonds is 16. The van der Waals surface area contributed by atoms with Gasteiger partial charge in [0.05, 0.1) is 24.3 Å². The molecule has 54 heavy (non-hydrogen) atoms. The smallest absolute Gasteiger partial charge is 0.345 e. The molecular formula is C43H57ClO9Si. The van der Waals surface area contributed by atoms with Crippen LogP contribution in [0.4, 0.5) is 0 Å². The van der Waals surface area contributed by atoms with Gasteiger partial charge in [-0.05, 0) is 61.9 Å². The fraction of sp³-hybridized carbons (Fsp3) is 0.512. The van der Waals surface area contributed by atoms with E-state index in [1.54, 1.807) is 33.1 Å². The van der Waals surface area contributed by atoms with Crippen molar-refractivity contribution < 1.29 is 42.4 Å². The van der Waals surface area contributed by atoms with Crippen LogP contribution in [0.25, 0.3) is 6.08 Å². The number of esters is 1. The molecule has 0 spiro atoms. The minimum Gasteiger partial charge on any atom is -0.495 e. The number of halogens is 1. The van der Waals surface area contributed by atoms with Crippen molar-refractivity contribution in [3.8, 4) is 11.5 Å². The highest BCUT2D eigenvalue weighted by Crippen LogP contribution is 2.43. The first-order chi connectivity index (χ1) is 25.5. The van der Waals surface area contributed by atoms with Gasteiger partial charge in [0.2, 0.25) is 5.79 Å². The summed E-state index contributed by atoms with van der Waals surface area (Å²) >= 11 is 6.74. The van der Waals surface area contributed by atoms with Gasteiger partial charge >= 0.3 is 5.97 Å². The van der Waals surface area contributed by atoms with Gasteiger partial charge in [-0.1, -0.05) is 105 Å². The Balaban J connectivity index is 1.33. The van der Waals surface area contributed by atoms with E-state index in [1.807, 2.05) is 19.9 Å². The molecule has 3 aromatic carbocycles. The van der Waals surface area contributed by atoms with Crippen molar-refractivity contribution in [1.29, 1.82) is 0 Å². The Hall–Kier alpha value is -3.22. The Morgan fingerprint density at radius 1 is 0.926 bits per heavy atom. The summed E-state index contributed by atoms with van der Waals surface area (Å²) in [7, 11) is 0.415. The molecule has 0 aromatic heterocycles. The van der Waals surface area contributed by atoms with Crippen LogP contribution in [0.15, 0.2) is 72.8 Å². The van der Waals surface area contributed by atoms with Crippen molar-refractivity contribution in [2.24, 2.45) is 0 Å². The summed E-state index contributed by atoms with van der Waals surface area (Å²) in [6.45, 7) is 16.4. The third kappa shape index (κ3) is 9.41. The van der Waals surface area contributed by atoms with E-state index in [4.69, 9.17) is 49.2 Å². The average Bonchev–Trinajstić information content (AvgIpc) is 3.42. The first kappa shape index (κ1) is 41.9. The lowest BCUT2D eigenvalue weighted by Crippen LogP contribution is -2.67. The molecule has 0 bridgehead atoms. The largest absolute Gasteiger partial charge is 0.495 e.